The van der Waals surface area contributed by atoms with Crippen LogP contribution in [0.2, 0.25) is 0 Å². The molecule has 0 aliphatic heterocycles. The lowest BCUT2D eigenvalue weighted by molar-refractivity contribution is 0.0940. The van der Waals surface area contributed by atoms with Crippen molar-refractivity contribution in [3.63, 3.8) is 0 Å². The van der Waals surface area contributed by atoms with Crippen molar-refractivity contribution in [2.75, 3.05) is 6.61 Å². The predicted octanol–water partition coefficient (Wildman–Crippen LogP) is 1.65. The maximum Gasteiger partial charge on any atom is 0.287 e. The maximum atomic E-state index is 12.2. The molecule has 7 heteroatoms. The van der Waals surface area contributed by atoms with Crippen LogP contribution in [-0.2, 0) is 6.54 Å². The van der Waals surface area contributed by atoms with Gasteiger partial charge in [0.15, 0.2) is 5.82 Å². The summed E-state index contributed by atoms with van der Waals surface area (Å²) >= 11 is 0. The molecule has 0 aliphatic rings. The van der Waals surface area contributed by atoms with Crippen molar-refractivity contribution in [1.29, 1.82) is 0 Å². The molecule has 1 amide bonds. The van der Waals surface area contributed by atoms with E-state index in [1.165, 1.54) is 0 Å². The highest BCUT2D eigenvalue weighted by Gasteiger charge is 2.11. The van der Waals surface area contributed by atoms with Crippen LogP contribution in [-0.4, -0.2) is 27.5 Å². The summed E-state index contributed by atoms with van der Waals surface area (Å²) in [5.41, 5.74) is 0.979. The Balaban J connectivity index is 1.76. The summed E-state index contributed by atoms with van der Waals surface area (Å²) in [5, 5.41) is 3.17. The van der Waals surface area contributed by atoms with Gasteiger partial charge in [-0.3, -0.25) is 9.59 Å². The molecular weight excluding hydrogens is 308 g/mol. The van der Waals surface area contributed by atoms with Crippen LogP contribution in [0.3, 0.4) is 0 Å². The van der Waals surface area contributed by atoms with Crippen LogP contribution in [0.5, 0.6) is 5.88 Å². The molecule has 0 spiro atoms. The Morgan fingerprint density at radius 3 is 2.96 bits per heavy atom. The highest BCUT2D eigenvalue weighted by Crippen LogP contribution is 2.09. The van der Waals surface area contributed by atoms with Crippen LogP contribution in [0.15, 0.2) is 47.4 Å². The third kappa shape index (κ3) is 3.40. The first-order valence-corrected chi connectivity index (χ1v) is 7.52. The number of fused-ring (bicyclic) bond motifs is 1. The lowest BCUT2D eigenvalue weighted by atomic mass is 10.2. The summed E-state index contributed by atoms with van der Waals surface area (Å²) in [6, 6.07) is 10.4. The molecular formula is C17H16N4O3. The number of H-pyrrole nitrogens is 1. The third-order valence-corrected chi connectivity index (χ3v) is 3.37. The summed E-state index contributed by atoms with van der Waals surface area (Å²) in [7, 11) is 0. The topological polar surface area (TPSA) is 97.0 Å². The molecule has 0 unspecified atom stereocenters. The summed E-state index contributed by atoms with van der Waals surface area (Å²) in [5.74, 6) is 0.0342. The first-order valence-electron chi connectivity index (χ1n) is 7.52. The molecule has 2 heterocycles. The zero-order valence-corrected chi connectivity index (χ0v) is 13.1. The van der Waals surface area contributed by atoms with E-state index in [2.05, 4.69) is 20.3 Å². The number of rotatable bonds is 5. The van der Waals surface area contributed by atoms with Gasteiger partial charge in [-0.25, -0.2) is 9.97 Å². The molecule has 0 radical (unpaired) electrons. The first-order chi connectivity index (χ1) is 11.7. The number of ether oxygens (including phenoxy) is 1. The molecule has 24 heavy (non-hydrogen) atoms. The molecule has 0 aliphatic carbocycles. The van der Waals surface area contributed by atoms with E-state index in [9.17, 15) is 9.59 Å². The number of carbonyl (C=O) groups is 1. The van der Waals surface area contributed by atoms with E-state index in [0.29, 0.717) is 23.4 Å². The largest absolute Gasteiger partial charge is 0.478 e. The first kappa shape index (κ1) is 15.7. The number of nitrogens with one attached hydrogen (secondary N) is 2. The van der Waals surface area contributed by atoms with Crippen molar-refractivity contribution in [1.82, 2.24) is 20.3 Å². The monoisotopic (exact) mass is 324 g/mol. The average Bonchev–Trinajstić information content (AvgIpc) is 2.60. The Labute approximate surface area is 137 Å². The molecule has 0 saturated heterocycles. The Kier molecular flexibility index (Phi) is 4.51. The molecule has 2 N–H and O–H groups in total. The van der Waals surface area contributed by atoms with Gasteiger partial charge in [-0.05, 0) is 30.7 Å². The van der Waals surface area contributed by atoms with Gasteiger partial charge in [0.25, 0.3) is 11.5 Å². The average molecular weight is 324 g/mol. The number of benzene rings is 1. The van der Waals surface area contributed by atoms with Crippen molar-refractivity contribution in [2.24, 2.45) is 0 Å². The van der Waals surface area contributed by atoms with Gasteiger partial charge in [-0.2, -0.15) is 0 Å². The van der Waals surface area contributed by atoms with Crippen LogP contribution >= 0.6 is 0 Å². The second kappa shape index (κ2) is 6.91. The van der Waals surface area contributed by atoms with Crippen molar-refractivity contribution in [3.05, 3.63) is 64.3 Å². The zero-order valence-electron chi connectivity index (χ0n) is 13.1. The van der Waals surface area contributed by atoms with Crippen LogP contribution in [0.25, 0.3) is 10.9 Å². The van der Waals surface area contributed by atoms with Gasteiger partial charge < -0.3 is 15.0 Å². The number of aromatic nitrogens is 3. The zero-order chi connectivity index (χ0) is 16.9. The number of amides is 1. The number of nitrogens with zero attached hydrogens (tertiary/aromatic N) is 2. The fourth-order valence-electron chi connectivity index (χ4n) is 2.25. The van der Waals surface area contributed by atoms with E-state index in [1.807, 2.05) is 6.92 Å². The van der Waals surface area contributed by atoms with Gasteiger partial charge in [0.05, 0.1) is 17.5 Å². The van der Waals surface area contributed by atoms with Crippen LogP contribution in [0.1, 0.15) is 23.1 Å². The van der Waals surface area contributed by atoms with Crippen molar-refractivity contribution < 1.29 is 9.53 Å². The molecule has 0 saturated carbocycles. The van der Waals surface area contributed by atoms with Crippen molar-refractivity contribution >= 4 is 16.8 Å². The minimum Gasteiger partial charge on any atom is -0.478 e. The second-order valence-corrected chi connectivity index (χ2v) is 5.05. The molecule has 0 fully saturated rings. The Hall–Kier alpha value is -3.22. The number of para-hydroxylation sites is 1. The van der Waals surface area contributed by atoms with Gasteiger partial charge in [0.1, 0.15) is 0 Å². The third-order valence-electron chi connectivity index (χ3n) is 3.37. The molecule has 0 atom stereocenters. The van der Waals surface area contributed by atoms with Crippen molar-refractivity contribution in [2.45, 2.75) is 13.5 Å². The van der Waals surface area contributed by atoms with E-state index in [-0.39, 0.29) is 17.9 Å². The lowest BCUT2D eigenvalue weighted by Crippen LogP contribution is -2.27. The quantitative estimate of drug-likeness (QED) is 0.744. The Morgan fingerprint density at radius 2 is 2.12 bits per heavy atom. The molecule has 122 valence electrons. The number of hydrogen-bond donors (Lipinski definition) is 2. The van der Waals surface area contributed by atoms with E-state index in [4.69, 9.17) is 4.74 Å². The van der Waals surface area contributed by atoms with Gasteiger partial charge in [-0.1, -0.05) is 12.1 Å². The summed E-state index contributed by atoms with van der Waals surface area (Å²) in [6.07, 6.45) is 1.61. The molecule has 2 aromatic heterocycles. The normalized spacial score (nSPS) is 10.5. The predicted molar refractivity (Wildman–Crippen MR) is 88.9 cm³/mol. The van der Waals surface area contributed by atoms with Crippen LogP contribution < -0.4 is 15.6 Å². The molecule has 3 aromatic rings. The summed E-state index contributed by atoms with van der Waals surface area (Å²) < 4.78 is 5.32. The van der Waals surface area contributed by atoms with Crippen LogP contribution in [0, 0.1) is 0 Å². The lowest BCUT2D eigenvalue weighted by Gasteiger charge is -2.07. The molecule has 0 bridgehead atoms. The van der Waals surface area contributed by atoms with Crippen molar-refractivity contribution in [3.8, 4) is 5.88 Å². The molecule has 1 aromatic carbocycles. The Morgan fingerprint density at radius 1 is 1.29 bits per heavy atom. The summed E-state index contributed by atoms with van der Waals surface area (Å²) in [6.45, 7) is 2.67. The van der Waals surface area contributed by atoms with Gasteiger partial charge in [0.2, 0.25) is 5.88 Å². The fraction of sp³-hybridized carbons (Fsp3) is 0.176. The van der Waals surface area contributed by atoms with Gasteiger partial charge in [0, 0.05) is 18.8 Å². The Bertz CT molecular complexity index is 936. The van der Waals surface area contributed by atoms with Gasteiger partial charge >= 0.3 is 0 Å². The van der Waals surface area contributed by atoms with Gasteiger partial charge in [-0.15, -0.1) is 0 Å². The standard InChI is InChI=1S/C17H16N4O3/c1-2-24-14-9-11(7-8-18-14)10-19-17(23)15-20-13-6-4-3-5-12(13)16(22)21-15/h3-9H,2,10H2,1H3,(H,19,23)(H,20,21,22). The van der Waals surface area contributed by atoms with Crippen LogP contribution in [0.4, 0.5) is 0 Å². The van der Waals surface area contributed by atoms with E-state index in [1.54, 1.807) is 42.6 Å². The number of aromatic amines is 1. The van der Waals surface area contributed by atoms with E-state index >= 15 is 0 Å². The maximum absolute atomic E-state index is 12.2. The smallest absolute Gasteiger partial charge is 0.287 e. The fourth-order valence-corrected chi connectivity index (χ4v) is 2.25. The molecule has 3 rings (SSSR count). The van der Waals surface area contributed by atoms with E-state index < -0.39 is 5.91 Å². The van der Waals surface area contributed by atoms with E-state index in [0.717, 1.165) is 5.56 Å². The summed E-state index contributed by atoms with van der Waals surface area (Å²) in [4.78, 5) is 35.0. The number of hydrogen-bond acceptors (Lipinski definition) is 5. The minimum absolute atomic E-state index is 0.0159. The number of pyridine rings is 1. The second-order valence-electron chi connectivity index (χ2n) is 5.05. The molecule has 7 nitrogen and oxygen atoms in total. The highest BCUT2D eigenvalue weighted by molar-refractivity contribution is 5.92. The minimum atomic E-state index is -0.451. The SMILES string of the molecule is CCOc1cc(CNC(=O)c2nc3ccccc3c(=O)[nH]2)ccn1. The number of carbonyl (C=O) groups excluding carboxylic acids is 1. The highest BCUT2D eigenvalue weighted by atomic mass is 16.5.